The monoisotopic (exact) mass is 559 g/mol. The molecule has 0 saturated carbocycles. The van der Waals surface area contributed by atoms with Crippen LogP contribution in [0.4, 0.5) is 5.69 Å². The Morgan fingerprint density at radius 3 is 2.70 bits per heavy atom. The van der Waals surface area contributed by atoms with Gasteiger partial charge in [0.2, 0.25) is 11.6 Å². The molecule has 0 N–H and O–H groups in total. The maximum Gasteiger partial charge on any atom is 0.231 e. The van der Waals surface area contributed by atoms with Gasteiger partial charge in [-0.15, -0.1) is 11.3 Å². The van der Waals surface area contributed by atoms with Gasteiger partial charge in [0.25, 0.3) is 0 Å². The minimum atomic E-state index is 0.228. The van der Waals surface area contributed by atoms with Crippen LogP contribution in [0.1, 0.15) is 12.5 Å². The van der Waals surface area contributed by atoms with Gasteiger partial charge >= 0.3 is 0 Å². The third-order valence-corrected chi connectivity index (χ3v) is 6.82. The fraction of sp³-hybridized carbons (Fsp3) is 0.0833. The molecule has 0 amide bonds. The van der Waals surface area contributed by atoms with Crippen LogP contribution in [0.3, 0.4) is 0 Å². The Morgan fingerprint density at radius 2 is 1.88 bits per heavy atom. The van der Waals surface area contributed by atoms with Crippen LogP contribution in [0.2, 0.25) is 10.0 Å². The summed E-state index contributed by atoms with van der Waals surface area (Å²) in [6.45, 7) is 2.18. The molecule has 0 atom stereocenters. The number of thiazole rings is 1. The molecule has 0 spiro atoms. The molecule has 5 rings (SSSR count). The molecule has 0 fully saturated rings. The number of aromatic nitrogens is 1. The van der Waals surface area contributed by atoms with Crippen molar-refractivity contribution in [3.05, 3.63) is 90.9 Å². The van der Waals surface area contributed by atoms with Crippen LogP contribution in [-0.4, -0.2) is 17.2 Å². The lowest BCUT2D eigenvalue weighted by molar-refractivity contribution is 0.174. The quantitative estimate of drug-likeness (QED) is 0.242. The summed E-state index contributed by atoms with van der Waals surface area (Å²) in [5, 5.41) is 8.00. The lowest BCUT2D eigenvalue weighted by atomic mass is 10.1. The molecule has 0 radical (unpaired) electrons. The van der Waals surface area contributed by atoms with Crippen LogP contribution in [0.5, 0.6) is 11.5 Å². The molecular weight excluding hydrogens is 545 g/mol. The van der Waals surface area contributed by atoms with Gasteiger partial charge in [-0.05, 0) is 55.5 Å². The lowest BCUT2D eigenvalue weighted by Gasteiger charge is -2.08. The number of benzene rings is 3. The smallest absolute Gasteiger partial charge is 0.231 e. The van der Waals surface area contributed by atoms with Crippen molar-refractivity contribution in [1.82, 2.24) is 4.68 Å². The average Bonchev–Trinajstić information content (AvgIpc) is 3.42. The highest BCUT2D eigenvalue weighted by Gasteiger charge is 2.15. The van der Waals surface area contributed by atoms with E-state index in [1.165, 1.54) is 11.3 Å². The van der Waals surface area contributed by atoms with Crippen molar-refractivity contribution < 1.29 is 9.47 Å². The van der Waals surface area contributed by atoms with Crippen LogP contribution in [0.15, 0.2) is 80.6 Å². The number of halogens is 3. The summed E-state index contributed by atoms with van der Waals surface area (Å²) < 4.78 is 13.8. The Morgan fingerprint density at radius 1 is 1.03 bits per heavy atom. The molecule has 4 aromatic rings. The van der Waals surface area contributed by atoms with Crippen molar-refractivity contribution in [3.63, 3.8) is 0 Å². The Kier molecular flexibility index (Phi) is 6.29. The first kappa shape index (κ1) is 22.2. The van der Waals surface area contributed by atoms with Gasteiger partial charge in [0.1, 0.15) is 0 Å². The van der Waals surface area contributed by atoms with E-state index in [0.717, 1.165) is 32.8 Å². The van der Waals surface area contributed by atoms with Crippen LogP contribution >= 0.6 is 50.5 Å². The number of rotatable bonds is 4. The molecule has 2 heterocycles. The van der Waals surface area contributed by atoms with E-state index in [1.54, 1.807) is 18.2 Å². The van der Waals surface area contributed by atoms with Crippen LogP contribution in [0.25, 0.3) is 11.3 Å². The van der Waals surface area contributed by atoms with E-state index in [9.17, 15) is 0 Å². The van der Waals surface area contributed by atoms with Gasteiger partial charge < -0.3 is 9.47 Å². The summed E-state index contributed by atoms with van der Waals surface area (Å²) in [5.74, 6) is 1.44. The van der Waals surface area contributed by atoms with Crippen molar-refractivity contribution in [2.45, 2.75) is 6.92 Å². The molecule has 33 heavy (non-hydrogen) atoms. The second kappa shape index (κ2) is 9.35. The van der Waals surface area contributed by atoms with Crippen molar-refractivity contribution in [1.29, 1.82) is 0 Å². The number of ether oxygens (including phenoxy) is 2. The van der Waals surface area contributed by atoms with Crippen molar-refractivity contribution in [2.24, 2.45) is 10.1 Å². The molecule has 166 valence electrons. The maximum atomic E-state index is 6.38. The van der Waals surface area contributed by atoms with Gasteiger partial charge in [-0.1, -0.05) is 51.3 Å². The predicted molar refractivity (Wildman–Crippen MR) is 137 cm³/mol. The van der Waals surface area contributed by atoms with E-state index in [-0.39, 0.29) is 6.79 Å². The zero-order valence-electron chi connectivity index (χ0n) is 17.3. The minimum absolute atomic E-state index is 0.228. The zero-order chi connectivity index (χ0) is 22.9. The largest absolute Gasteiger partial charge is 0.454 e. The minimum Gasteiger partial charge on any atom is -0.454 e. The Hall–Kier alpha value is -2.58. The number of hydrogen-bond donors (Lipinski definition) is 0. The van der Waals surface area contributed by atoms with Gasteiger partial charge in [0.05, 0.1) is 22.1 Å². The normalized spacial score (nSPS) is 13.6. The van der Waals surface area contributed by atoms with Crippen molar-refractivity contribution in [2.75, 3.05) is 6.79 Å². The third kappa shape index (κ3) is 4.73. The Bertz CT molecular complexity index is 1460. The summed E-state index contributed by atoms with van der Waals surface area (Å²) in [6, 6.07) is 19.1. The van der Waals surface area contributed by atoms with E-state index < -0.39 is 0 Å². The molecule has 5 nitrogen and oxygen atoms in total. The maximum absolute atomic E-state index is 6.38. The molecule has 1 aliphatic rings. The van der Waals surface area contributed by atoms with Crippen molar-refractivity contribution >= 4 is 61.9 Å². The number of fused-ring (bicyclic) bond motifs is 1. The fourth-order valence-corrected chi connectivity index (χ4v) is 5.02. The summed E-state index contributed by atoms with van der Waals surface area (Å²) in [4.78, 5) is 5.46. The van der Waals surface area contributed by atoms with Crippen LogP contribution in [0, 0.1) is 0 Å². The highest BCUT2D eigenvalue weighted by molar-refractivity contribution is 9.10. The van der Waals surface area contributed by atoms with Gasteiger partial charge in [-0.2, -0.15) is 5.10 Å². The Balaban J connectivity index is 1.67. The molecule has 3 aromatic carbocycles. The van der Waals surface area contributed by atoms with E-state index in [0.29, 0.717) is 26.3 Å². The topological polar surface area (TPSA) is 48.1 Å². The molecule has 9 heteroatoms. The van der Waals surface area contributed by atoms with E-state index in [1.807, 2.05) is 59.4 Å². The van der Waals surface area contributed by atoms with Gasteiger partial charge in [-0.25, -0.2) is 9.67 Å². The molecule has 0 aliphatic carbocycles. The average molecular weight is 561 g/mol. The third-order valence-electron chi connectivity index (χ3n) is 4.97. The predicted octanol–water partition coefficient (Wildman–Crippen LogP) is 7.52. The standard InChI is InChI=1S/C24H16BrCl2N3O2S/c1-14(15-5-8-22-23(10-15)32-13-31-22)29-30-21(16-3-2-4-17(25)9-16)12-33-24(30)28-20-7-6-18(26)11-19(20)27/h2-12H,13H2,1H3/b28-24?,29-14+. The molecule has 0 saturated heterocycles. The van der Waals surface area contributed by atoms with Gasteiger partial charge in [0.15, 0.2) is 11.5 Å². The Labute approximate surface area is 212 Å². The molecule has 1 aliphatic heterocycles. The highest BCUT2D eigenvalue weighted by atomic mass is 79.9. The lowest BCUT2D eigenvalue weighted by Crippen LogP contribution is -2.13. The number of nitrogens with zero attached hydrogens (tertiary/aromatic N) is 3. The fourth-order valence-electron chi connectivity index (χ4n) is 3.32. The first-order valence-electron chi connectivity index (χ1n) is 9.90. The SMILES string of the molecule is C/C(=N\n1c(-c2cccc(Br)c2)csc1=Nc1ccc(Cl)cc1Cl)c1ccc2c(c1)OCO2. The molecule has 1 aromatic heterocycles. The number of hydrogen-bond acceptors (Lipinski definition) is 5. The van der Waals surface area contributed by atoms with E-state index >= 15 is 0 Å². The van der Waals surface area contributed by atoms with Crippen LogP contribution in [-0.2, 0) is 0 Å². The summed E-state index contributed by atoms with van der Waals surface area (Å²) in [7, 11) is 0. The van der Waals surface area contributed by atoms with Gasteiger partial charge in [-0.3, -0.25) is 0 Å². The summed E-state index contributed by atoms with van der Waals surface area (Å²) in [6.07, 6.45) is 0. The first-order chi connectivity index (χ1) is 16.0. The van der Waals surface area contributed by atoms with Crippen LogP contribution < -0.4 is 14.3 Å². The highest BCUT2D eigenvalue weighted by Crippen LogP contribution is 2.33. The zero-order valence-corrected chi connectivity index (χ0v) is 21.2. The summed E-state index contributed by atoms with van der Waals surface area (Å²) in [5.41, 5.74) is 4.25. The van der Waals surface area contributed by atoms with Crippen molar-refractivity contribution in [3.8, 4) is 22.8 Å². The second-order valence-electron chi connectivity index (χ2n) is 7.19. The molecule has 0 bridgehead atoms. The van der Waals surface area contributed by atoms with E-state index in [2.05, 4.69) is 15.9 Å². The second-order valence-corrected chi connectivity index (χ2v) is 9.78. The molecule has 0 unspecified atom stereocenters. The summed E-state index contributed by atoms with van der Waals surface area (Å²) >= 11 is 17.5. The van der Waals surface area contributed by atoms with Gasteiger partial charge in [0, 0.05) is 26.0 Å². The molecular formula is C24H16BrCl2N3O2S. The first-order valence-corrected chi connectivity index (χ1v) is 12.3. The van der Waals surface area contributed by atoms with E-state index in [4.69, 9.17) is 42.8 Å².